The van der Waals surface area contributed by atoms with Crippen LogP contribution in [0, 0.1) is 0 Å². The number of aliphatic hydroxyl groups excluding tert-OH is 1. The number of aromatic amines is 1. The average Bonchev–Trinajstić information content (AvgIpc) is 3.03. The Kier molecular flexibility index (Phi) is 6.94. The number of halogens is 1. The van der Waals surface area contributed by atoms with Gasteiger partial charge in [-0.1, -0.05) is 60.7 Å². The first-order valence-corrected chi connectivity index (χ1v) is 11.1. The monoisotopic (exact) mass is 503 g/mol. The molecule has 6 N–H and O–H groups in total. The third-order valence-corrected chi connectivity index (χ3v) is 6.25. The summed E-state index contributed by atoms with van der Waals surface area (Å²) in [5.74, 6) is -7.46. The molecule has 0 saturated carbocycles. The predicted octanol–water partition coefficient (Wildman–Crippen LogP) is -0.598. The molecule has 4 rings (SSSR count). The Labute approximate surface area is 203 Å². The number of aromatic nitrogens is 2. The SMILES string of the molecule is O=c1[nH]c(=O)n([C@]2(O)O[C@H](CO)[C@](O)(F)[C@]2(O)N(O)CCc2ccccc2)cc1Cc1ccccc1. The smallest absolute Gasteiger partial charge is 0.332 e. The Morgan fingerprint density at radius 2 is 1.58 bits per heavy atom. The van der Waals surface area contributed by atoms with E-state index >= 15 is 4.39 Å². The molecule has 2 aromatic carbocycles. The minimum atomic E-state index is -3.98. The molecule has 2 heterocycles. The van der Waals surface area contributed by atoms with Gasteiger partial charge in [0.1, 0.15) is 6.10 Å². The van der Waals surface area contributed by atoms with Gasteiger partial charge < -0.3 is 30.4 Å². The van der Waals surface area contributed by atoms with E-state index in [0.29, 0.717) is 11.1 Å². The van der Waals surface area contributed by atoms with Gasteiger partial charge in [0.05, 0.1) is 6.61 Å². The molecular weight excluding hydrogens is 477 g/mol. The summed E-state index contributed by atoms with van der Waals surface area (Å²) in [6, 6.07) is 17.1. The van der Waals surface area contributed by atoms with E-state index in [-0.39, 0.29) is 28.0 Å². The number of aliphatic hydroxyl groups is 4. The molecule has 11 nitrogen and oxygen atoms in total. The number of rotatable bonds is 8. The van der Waals surface area contributed by atoms with E-state index in [1.54, 1.807) is 60.7 Å². The van der Waals surface area contributed by atoms with Gasteiger partial charge in [-0.2, -0.15) is 0 Å². The third-order valence-electron chi connectivity index (χ3n) is 6.25. The maximum atomic E-state index is 15.6. The van der Waals surface area contributed by atoms with Crippen molar-refractivity contribution in [2.75, 3.05) is 13.2 Å². The van der Waals surface area contributed by atoms with Crippen LogP contribution >= 0.6 is 0 Å². The first kappa shape index (κ1) is 25.9. The van der Waals surface area contributed by atoms with Crippen LogP contribution in [0.4, 0.5) is 4.39 Å². The number of hydrogen-bond donors (Lipinski definition) is 6. The lowest BCUT2D eigenvalue weighted by Gasteiger charge is -2.43. The zero-order chi connectivity index (χ0) is 26.1. The Morgan fingerprint density at radius 1 is 1.00 bits per heavy atom. The van der Waals surface area contributed by atoms with Crippen LogP contribution in [0.5, 0.6) is 0 Å². The molecule has 1 fully saturated rings. The first-order valence-electron chi connectivity index (χ1n) is 11.1. The Hall–Kier alpha value is -3.23. The second kappa shape index (κ2) is 9.67. The number of H-pyrrole nitrogens is 1. The highest BCUT2D eigenvalue weighted by Crippen LogP contribution is 2.50. The van der Waals surface area contributed by atoms with Crippen LogP contribution < -0.4 is 11.2 Å². The molecule has 1 aromatic heterocycles. The molecule has 12 heteroatoms. The Balaban J connectivity index is 1.79. The minimum absolute atomic E-state index is 0.0227. The normalized spacial score (nSPS) is 28.0. The molecule has 36 heavy (non-hydrogen) atoms. The largest absolute Gasteiger partial charge is 0.393 e. The van der Waals surface area contributed by atoms with E-state index in [9.17, 15) is 35.2 Å². The number of hydrogen-bond acceptors (Lipinski definition) is 9. The number of benzene rings is 2. The van der Waals surface area contributed by atoms with Crippen molar-refractivity contribution in [3.8, 4) is 0 Å². The van der Waals surface area contributed by atoms with Gasteiger partial charge in [0.15, 0.2) is 0 Å². The van der Waals surface area contributed by atoms with Crippen molar-refractivity contribution in [1.29, 1.82) is 0 Å². The predicted molar refractivity (Wildman–Crippen MR) is 122 cm³/mol. The van der Waals surface area contributed by atoms with E-state index in [2.05, 4.69) is 0 Å². The quantitative estimate of drug-likeness (QED) is 0.174. The Morgan fingerprint density at radius 3 is 2.17 bits per heavy atom. The molecule has 1 aliphatic heterocycles. The highest BCUT2D eigenvalue weighted by atomic mass is 19.2. The lowest BCUT2D eigenvalue weighted by atomic mass is 9.97. The van der Waals surface area contributed by atoms with Crippen LogP contribution in [0.15, 0.2) is 76.4 Å². The molecule has 0 bridgehead atoms. The van der Waals surface area contributed by atoms with E-state index < -0.39 is 48.0 Å². The van der Waals surface area contributed by atoms with Crippen LogP contribution in [0.25, 0.3) is 0 Å². The van der Waals surface area contributed by atoms with Crippen molar-refractivity contribution in [2.24, 2.45) is 0 Å². The molecular formula is C24H26FN3O8. The highest BCUT2D eigenvalue weighted by molar-refractivity contribution is 5.23. The average molecular weight is 503 g/mol. The molecule has 0 radical (unpaired) electrons. The van der Waals surface area contributed by atoms with Crippen LogP contribution in [-0.2, 0) is 23.5 Å². The zero-order valence-electron chi connectivity index (χ0n) is 19.0. The van der Waals surface area contributed by atoms with Gasteiger partial charge in [-0.25, -0.2) is 13.8 Å². The number of alkyl halides is 1. The molecule has 0 spiro atoms. The molecule has 192 valence electrons. The summed E-state index contributed by atoms with van der Waals surface area (Å²) in [5, 5.41) is 53.5. The number of nitrogens with zero attached hydrogens (tertiary/aromatic N) is 2. The summed E-state index contributed by atoms with van der Waals surface area (Å²) in [4.78, 5) is 27.1. The lowest BCUT2D eigenvalue weighted by molar-refractivity contribution is -0.433. The summed E-state index contributed by atoms with van der Waals surface area (Å²) in [7, 11) is 0. The molecule has 1 aliphatic rings. The molecule has 1 saturated heterocycles. The molecule has 3 aromatic rings. The van der Waals surface area contributed by atoms with Crippen LogP contribution in [0.1, 0.15) is 16.7 Å². The van der Waals surface area contributed by atoms with Gasteiger partial charge in [-0.3, -0.25) is 9.78 Å². The summed E-state index contributed by atoms with van der Waals surface area (Å²) in [5.41, 5.74) is -4.62. The van der Waals surface area contributed by atoms with Gasteiger partial charge in [-0.05, 0) is 17.5 Å². The van der Waals surface area contributed by atoms with Gasteiger partial charge >= 0.3 is 11.6 Å². The van der Waals surface area contributed by atoms with E-state index in [4.69, 9.17) is 4.74 Å². The fourth-order valence-corrected chi connectivity index (χ4v) is 4.26. The summed E-state index contributed by atoms with van der Waals surface area (Å²) in [6.07, 6.45) is -1.45. The van der Waals surface area contributed by atoms with Crippen LogP contribution in [0.2, 0.25) is 0 Å². The second-order valence-corrected chi connectivity index (χ2v) is 8.55. The van der Waals surface area contributed by atoms with Crippen molar-refractivity contribution in [3.05, 3.63) is 104 Å². The fraction of sp³-hybridized carbons (Fsp3) is 0.333. The van der Waals surface area contributed by atoms with Crippen molar-refractivity contribution in [1.82, 2.24) is 14.6 Å². The minimum Gasteiger partial charge on any atom is -0.393 e. The van der Waals surface area contributed by atoms with Gasteiger partial charge in [-0.15, -0.1) is 5.06 Å². The first-order chi connectivity index (χ1) is 17.0. The highest BCUT2D eigenvalue weighted by Gasteiger charge is 2.79. The number of ether oxygens (including phenoxy) is 1. The molecule has 0 aliphatic carbocycles. The standard InChI is InChI=1S/C24H26FN3O8/c25-22(32)19(15-29)36-24(34,23(22,33)28(35)12-11-16-7-3-1-4-8-16)27-14-18(20(30)26-21(27)31)13-17-9-5-2-6-10-17/h1-10,14,19,29,32-35H,11-13,15H2,(H,26,30,31)/t19-,22-,23-,24-/m1/s1. The summed E-state index contributed by atoms with van der Waals surface area (Å²) in [6.45, 7) is -1.77. The van der Waals surface area contributed by atoms with Gasteiger partial charge in [0, 0.05) is 24.7 Å². The van der Waals surface area contributed by atoms with E-state index in [1.165, 1.54) is 0 Å². The fourth-order valence-electron chi connectivity index (χ4n) is 4.26. The van der Waals surface area contributed by atoms with Crippen molar-refractivity contribution >= 4 is 0 Å². The van der Waals surface area contributed by atoms with Crippen molar-refractivity contribution < 1.29 is 34.8 Å². The molecule has 0 amide bonds. The second-order valence-electron chi connectivity index (χ2n) is 8.55. The van der Waals surface area contributed by atoms with Crippen LogP contribution in [-0.4, -0.2) is 71.1 Å². The lowest BCUT2D eigenvalue weighted by Crippen LogP contribution is -2.72. The van der Waals surface area contributed by atoms with Gasteiger partial charge in [0.2, 0.25) is 0 Å². The van der Waals surface area contributed by atoms with Gasteiger partial charge in [0.25, 0.3) is 17.1 Å². The molecule has 4 atom stereocenters. The van der Waals surface area contributed by atoms with E-state index in [1.807, 2.05) is 4.98 Å². The summed E-state index contributed by atoms with van der Waals surface area (Å²) < 4.78 is 21.0. The topological polar surface area (TPSA) is 168 Å². The third kappa shape index (κ3) is 4.18. The van der Waals surface area contributed by atoms with Crippen LogP contribution in [0.3, 0.4) is 0 Å². The maximum absolute atomic E-state index is 15.6. The maximum Gasteiger partial charge on any atom is 0.332 e. The number of hydroxylamine groups is 2. The Bertz CT molecular complexity index is 1320. The zero-order valence-corrected chi connectivity index (χ0v) is 19.0. The van der Waals surface area contributed by atoms with Crippen molar-refractivity contribution in [3.63, 3.8) is 0 Å². The van der Waals surface area contributed by atoms with E-state index in [0.717, 1.165) is 6.20 Å². The summed E-state index contributed by atoms with van der Waals surface area (Å²) >= 11 is 0. The van der Waals surface area contributed by atoms with Crippen molar-refractivity contribution in [2.45, 2.75) is 36.4 Å². The number of nitrogens with one attached hydrogen (secondary N) is 1. The molecule has 0 unspecified atom stereocenters.